The molecular weight excluding hydrogens is 330 g/mol. The molecular formula is C21H19NO4. The lowest BCUT2D eigenvalue weighted by Gasteiger charge is -2.30. The smallest absolute Gasteiger partial charge is 0.272 e. The Morgan fingerprint density at radius 2 is 1.81 bits per heavy atom. The zero-order chi connectivity index (χ0) is 17.9. The lowest BCUT2D eigenvalue weighted by Crippen LogP contribution is -2.46. The second kappa shape index (κ2) is 6.96. The highest BCUT2D eigenvalue weighted by Crippen LogP contribution is 2.32. The maximum atomic E-state index is 13.2. The topological polar surface area (TPSA) is 51.9 Å². The Morgan fingerprint density at radius 1 is 1.04 bits per heavy atom. The fraction of sp³-hybridized carbons (Fsp3) is 0.190. The summed E-state index contributed by atoms with van der Waals surface area (Å²) >= 11 is 0. The molecule has 1 aliphatic rings. The first-order valence-electron chi connectivity index (χ1n) is 8.49. The Balaban J connectivity index is 1.61. The van der Waals surface area contributed by atoms with Gasteiger partial charge < -0.3 is 18.8 Å². The Hall–Kier alpha value is -3.21. The maximum Gasteiger partial charge on any atom is 0.272 e. The van der Waals surface area contributed by atoms with Crippen molar-refractivity contribution in [3.8, 4) is 11.5 Å². The number of aryl methyl sites for hydroxylation is 1. The molecule has 1 aromatic heterocycles. The second-order valence-electron chi connectivity index (χ2n) is 6.20. The lowest BCUT2D eigenvalue weighted by atomic mass is 10.2. The Labute approximate surface area is 151 Å². The van der Waals surface area contributed by atoms with Crippen LogP contribution in [0.5, 0.6) is 11.5 Å². The van der Waals surface area contributed by atoms with Crippen molar-refractivity contribution in [2.45, 2.75) is 19.6 Å². The van der Waals surface area contributed by atoms with Crippen LogP contribution in [0.25, 0.3) is 0 Å². The van der Waals surface area contributed by atoms with E-state index in [2.05, 4.69) is 0 Å². The van der Waals surface area contributed by atoms with E-state index in [9.17, 15) is 4.79 Å². The van der Waals surface area contributed by atoms with E-state index in [0.29, 0.717) is 23.8 Å². The van der Waals surface area contributed by atoms with Crippen molar-refractivity contribution in [3.05, 3.63) is 78.3 Å². The molecule has 4 rings (SSSR count). The molecule has 1 amide bonds. The van der Waals surface area contributed by atoms with Crippen LogP contribution in [-0.2, 0) is 11.3 Å². The number of fused-ring (bicyclic) bond motifs is 1. The summed E-state index contributed by atoms with van der Waals surface area (Å²) in [5, 5.41) is 0. The van der Waals surface area contributed by atoms with Gasteiger partial charge in [0.05, 0.1) is 12.8 Å². The molecule has 5 nitrogen and oxygen atoms in total. The van der Waals surface area contributed by atoms with Crippen LogP contribution >= 0.6 is 0 Å². The molecule has 0 saturated heterocycles. The van der Waals surface area contributed by atoms with Crippen molar-refractivity contribution < 1.29 is 18.7 Å². The number of amides is 1. The SMILES string of the molecule is Cc1ccc(N(Cc2ccco2)C(=O)[C@H]2COc3ccccc3O2)cc1. The van der Waals surface area contributed by atoms with Crippen molar-refractivity contribution in [2.24, 2.45) is 0 Å². The minimum atomic E-state index is -0.707. The van der Waals surface area contributed by atoms with Gasteiger partial charge in [-0.3, -0.25) is 4.79 Å². The second-order valence-corrected chi connectivity index (χ2v) is 6.20. The van der Waals surface area contributed by atoms with E-state index in [-0.39, 0.29) is 12.5 Å². The van der Waals surface area contributed by atoms with Gasteiger partial charge in [-0.05, 0) is 43.3 Å². The minimum Gasteiger partial charge on any atom is -0.485 e. The van der Waals surface area contributed by atoms with Crippen LogP contribution in [0.2, 0.25) is 0 Å². The first-order chi connectivity index (χ1) is 12.7. The molecule has 26 heavy (non-hydrogen) atoms. The zero-order valence-corrected chi connectivity index (χ0v) is 14.4. The largest absolute Gasteiger partial charge is 0.485 e. The molecule has 2 aromatic carbocycles. The molecule has 0 saturated carbocycles. The van der Waals surface area contributed by atoms with Gasteiger partial charge in [-0.15, -0.1) is 0 Å². The zero-order valence-electron chi connectivity index (χ0n) is 14.4. The first-order valence-corrected chi connectivity index (χ1v) is 8.49. The van der Waals surface area contributed by atoms with Crippen molar-refractivity contribution in [1.82, 2.24) is 0 Å². The standard InChI is InChI=1S/C21H19NO4/c1-15-8-10-16(11-9-15)22(13-17-5-4-12-24-17)21(23)20-14-25-18-6-2-3-7-19(18)26-20/h2-12,20H,13-14H2,1H3/t20-/m1/s1. The normalized spacial score (nSPS) is 15.5. The van der Waals surface area contributed by atoms with Crippen LogP contribution in [0.3, 0.4) is 0 Å². The third kappa shape index (κ3) is 3.28. The van der Waals surface area contributed by atoms with Crippen LogP contribution in [-0.4, -0.2) is 18.6 Å². The number of carbonyl (C=O) groups excluding carboxylic acids is 1. The van der Waals surface area contributed by atoms with Crippen LogP contribution in [0.4, 0.5) is 5.69 Å². The highest BCUT2D eigenvalue weighted by atomic mass is 16.6. The molecule has 0 bridgehead atoms. The predicted octanol–water partition coefficient (Wildman–Crippen LogP) is 3.96. The minimum absolute atomic E-state index is 0.167. The Kier molecular flexibility index (Phi) is 4.35. The average molecular weight is 349 g/mol. The maximum absolute atomic E-state index is 13.2. The fourth-order valence-corrected chi connectivity index (χ4v) is 2.89. The predicted molar refractivity (Wildman–Crippen MR) is 97.4 cm³/mol. The van der Waals surface area contributed by atoms with Crippen molar-refractivity contribution in [1.29, 1.82) is 0 Å². The highest BCUT2D eigenvalue weighted by Gasteiger charge is 2.32. The molecule has 1 atom stereocenters. The quantitative estimate of drug-likeness (QED) is 0.715. The van der Waals surface area contributed by atoms with Crippen LogP contribution in [0.1, 0.15) is 11.3 Å². The number of anilines is 1. The Bertz CT molecular complexity index is 887. The molecule has 1 aliphatic heterocycles. The summed E-state index contributed by atoms with van der Waals surface area (Å²) in [4.78, 5) is 14.9. The molecule has 0 fully saturated rings. The summed E-state index contributed by atoms with van der Waals surface area (Å²) in [5.74, 6) is 1.78. The number of rotatable bonds is 4. The van der Waals surface area contributed by atoms with Crippen molar-refractivity contribution in [2.75, 3.05) is 11.5 Å². The first kappa shape index (κ1) is 16.3. The Morgan fingerprint density at radius 3 is 2.54 bits per heavy atom. The summed E-state index contributed by atoms with van der Waals surface area (Å²) in [5.41, 5.74) is 1.92. The van der Waals surface area contributed by atoms with E-state index in [0.717, 1.165) is 11.3 Å². The number of carbonyl (C=O) groups is 1. The van der Waals surface area contributed by atoms with Crippen LogP contribution in [0, 0.1) is 6.92 Å². The lowest BCUT2D eigenvalue weighted by molar-refractivity contribution is -0.127. The number of hydrogen-bond acceptors (Lipinski definition) is 4. The van der Waals surface area contributed by atoms with Crippen molar-refractivity contribution >= 4 is 11.6 Å². The average Bonchev–Trinajstić information content (AvgIpc) is 3.19. The molecule has 0 unspecified atom stereocenters. The molecule has 0 N–H and O–H groups in total. The third-order valence-corrected chi connectivity index (χ3v) is 4.29. The number of para-hydroxylation sites is 2. The summed E-state index contributed by atoms with van der Waals surface area (Å²) in [6, 6.07) is 18.8. The van der Waals surface area contributed by atoms with Crippen LogP contribution in [0.15, 0.2) is 71.3 Å². The molecule has 0 aliphatic carbocycles. The van der Waals surface area contributed by atoms with Crippen LogP contribution < -0.4 is 14.4 Å². The van der Waals surface area contributed by atoms with E-state index in [4.69, 9.17) is 13.9 Å². The number of ether oxygens (including phenoxy) is 2. The van der Waals surface area contributed by atoms with Gasteiger partial charge in [0.25, 0.3) is 5.91 Å². The number of nitrogens with zero attached hydrogens (tertiary/aromatic N) is 1. The van der Waals surface area contributed by atoms with Gasteiger partial charge in [-0.2, -0.15) is 0 Å². The summed E-state index contributed by atoms with van der Waals surface area (Å²) in [7, 11) is 0. The van der Waals surface area contributed by atoms with E-state index in [1.807, 2.05) is 61.5 Å². The van der Waals surface area contributed by atoms with E-state index < -0.39 is 6.10 Å². The highest BCUT2D eigenvalue weighted by molar-refractivity contribution is 5.97. The number of benzene rings is 2. The number of furan rings is 1. The molecule has 132 valence electrons. The summed E-state index contributed by atoms with van der Waals surface area (Å²) < 4.78 is 17.0. The van der Waals surface area contributed by atoms with E-state index >= 15 is 0 Å². The summed E-state index contributed by atoms with van der Waals surface area (Å²) in [6.45, 7) is 2.52. The van der Waals surface area contributed by atoms with Gasteiger partial charge in [0.15, 0.2) is 11.5 Å². The van der Waals surface area contributed by atoms with Gasteiger partial charge in [0.2, 0.25) is 6.10 Å². The van der Waals surface area contributed by atoms with E-state index in [1.54, 1.807) is 17.2 Å². The molecule has 0 spiro atoms. The van der Waals surface area contributed by atoms with Crippen molar-refractivity contribution in [3.63, 3.8) is 0 Å². The van der Waals surface area contributed by atoms with Gasteiger partial charge in [-0.25, -0.2) is 0 Å². The molecule has 5 heteroatoms. The molecule has 0 radical (unpaired) electrons. The van der Waals surface area contributed by atoms with Gasteiger partial charge >= 0.3 is 0 Å². The number of hydrogen-bond donors (Lipinski definition) is 0. The monoisotopic (exact) mass is 349 g/mol. The fourth-order valence-electron chi connectivity index (χ4n) is 2.89. The summed E-state index contributed by atoms with van der Waals surface area (Å²) in [6.07, 6.45) is 0.894. The van der Waals surface area contributed by atoms with Gasteiger partial charge in [0.1, 0.15) is 12.4 Å². The van der Waals surface area contributed by atoms with Gasteiger partial charge in [-0.1, -0.05) is 29.8 Å². The van der Waals surface area contributed by atoms with Gasteiger partial charge in [0, 0.05) is 5.69 Å². The van der Waals surface area contributed by atoms with E-state index in [1.165, 1.54) is 0 Å². The molecule has 3 aromatic rings. The third-order valence-electron chi connectivity index (χ3n) is 4.29. The molecule has 2 heterocycles.